The lowest BCUT2D eigenvalue weighted by Crippen LogP contribution is -2.43. The summed E-state index contributed by atoms with van der Waals surface area (Å²) in [5, 5.41) is 0.827. The first kappa shape index (κ1) is 15.5. The second-order valence-electron chi connectivity index (χ2n) is 6.06. The fraction of sp³-hybridized carbons (Fsp3) is 0.571. The summed E-state index contributed by atoms with van der Waals surface area (Å²) in [6, 6.07) is 5.81. The van der Waals surface area contributed by atoms with Crippen molar-refractivity contribution in [1.29, 1.82) is 0 Å². The normalized spacial score (nSPS) is 12.6. The highest BCUT2D eigenvalue weighted by Crippen LogP contribution is 2.39. The van der Waals surface area contributed by atoms with Gasteiger partial charge in [-0.3, -0.25) is 0 Å². The minimum atomic E-state index is -1.85. The molecule has 1 rings (SSSR count). The van der Waals surface area contributed by atoms with Crippen molar-refractivity contribution in [2.45, 2.75) is 45.5 Å². The van der Waals surface area contributed by atoms with Crippen LogP contribution in [0.4, 0.5) is 0 Å². The predicted octanol–water partition coefficient (Wildman–Crippen LogP) is 4.87. The summed E-state index contributed by atoms with van der Waals surface area (Å²) in [6.07, 6.45) is 0. The highest BCUT2D eigenvalue weighted by Gasteiger charge is 2.39. The van der Waals surface area contributed by atoms with Crippen molar-refractivity contribution in [3.05, 3.63) is 28.8 Å². The highest BCUT2D eigenvalue weighted by atomic mass is 35.5. The summed E-state index contributed by atoms with van der Waals surface area (Å²) in [5.74, 6) is 0.776. The summed E-state index contributed by atoms with van der Waals surface area (Å²) in [5.41, 5.74) is 1.08. The SMILES string of the molecule is COCc1ccc(Cl)c(O[Si](C)(C)C(C)(C)C)c1. The van der Waals surface area contributed by atoms with Gasteiger partial charge in [-0.2, -0.15) is 0 Å². The zero-order valence-corrected chi connectivity index (χ0v) is 13.9. The van der Waals surface area contributed by atoms with Gasteiger partial charge in [0.25, 0.3) is 8.32 Å². The molecule has 0 saturated carbocycles. The van der Waals surface area contributed by atoms with Gasteiger partial charge in [0.1, 0.15) is 5.75 Å². The Balaban J connectivity index is 3.00. The fourth-order valence-corrected chi connectivity index (χ4v) is 2.56. The second kappa shape index (κ2) is 5.64. The molecule has 0 aromatic heterocycles. The maximum Gasteiger partial charge on any atom is 0.250 e. The van der Waals surface area contributed by atoms with Crippen LogP contribution in [0.5, 0.6) is 5.75 Å². The third-order valence-electron chi connectivity index (χ3n) is 3.48. The Hall–Kier alpha value is -0.513. The van der Waals surface area contributed by atoms with E-state index >= 15 is 0 Å². The lowest BCUT2D eigenvalue weighted by molar-refractivity contribution is 0.184. The summed E-state index contributed by atoms with van der Waals surface area (Å²) >= 11 is 6.21. The van der Waals surface area contributed by atoms with Crippen LogP contribution in [-0.4, -0.2) is 15.4 Å². The van der Waals surface area contributed by atoms with E-state index in [-0.39, 0.29) is 5.04 Å². The van der Waals surface area contributed by atoms with Crippen LogP contribution >= 0.6 is 11.6 Å². The van der Waals surface area contributed by atoms with Crippen LogP contribution < -0.4 is 4.43 Å². The van der Waals surface area contributed by atoms with Crippen molar-refractivity contribution in [1.82, 2.24) is 0 Å². The molecular formula is C14H23ClO2Si. The molecule has 0 aliphatic heterocycles. The van der Waals surface area contributed by atoms with E-state index in [1.807, 2.05) is 18.2 Å². The summed E-state index contributed by atoms with van der Waals surface area (Å²) in [6.45, 7) is 11.6. The molecule has 102 valence electrons. The molecule has 4 heteroatoms. The highest BCUT2D eigenvalue weighted by molar-refractivity contribution is 6.74. The smallest absolute Gasteiger partial charge is 0.250 e. The first-order valence-corrected chi connectivity index (χ1v) is 9.42. The monoisotopic (exact) mass is 286 g/mol. The average Bonchev–Trinajstić information content (AvgIpc) is 2.21. The van der Waals surface area contributed by atoms with E-state index in [0.717, 1.165) is 11.3 Å². The van der Waals surface area contributed by atoms with Crippen LogP contribution in [0.1, 0.15) is 26.3 Å². The number of hydrogen-bond acceptors (Lipinski definition) is 2. The molecule has 2 nitrogen and oxygen atoms in total. The molecule has 0 unspecified atom stereocenters. The van der Waals surface area contributed by atoms with Crippen LogP contribution in [-0.2, 0) is 11.3 Å². The topological polar surface area (TPSA) is 18.5 Å². The molecule has 0 aliphatic carbocycles. The number of benzene rings is 1. The van der Waals surface area contributed by atoms with Gasteiger partial charge in [-0.25, -0.2) is 0 Å². The molecule has 0 saturated heterocycles. The Bertz CT molecular complexity index is 411. The van der Waals surface area contributed by atoms with E-state index in [4.69, 9.17) is 20.8 Å². The molecule has 0 heterocycles. The molecule has 1 aromatic rings. The van der Waals surface area contributed by atoms with Gasteiger partial charge in [0.2, 0.25) is 0 Å². The lowest BCUT2D eigenvalue weighted by atomic mass is 10.2. The molecule has 18 heavy (non-hydrogen) atoms. The third kappa shape index (κ3) is 3.74. The molecule has 0 bridgehead atoms. The van der Waals surface area contributed by atoms with E-state index in [0.29, 0.717) is 11.6 Å². The Kier molecular flexibility index (Phi) is 4.87. The van der Waals surface area contributed by atoms with Crippen LogP contribution in [0.15, 0.2) is 18.2 Å². The predicted molar refractivity (Wildman–Crippen MR) is 80.0 cm³/mol. The molecule has 0 radical (unpaired) electrons. The van der Waals surface area contributed by atoms with Crippen molar-refractivity contribution in [2.24, 2.45) is 0 Å². The maximum atomic E-state index is 6.24. The maximum absolute atomic E-state index is 6.24. The Morgan fingerprint density at radius 3 is 2.33 bits per heavy atom. The molecule has 0 fully saturated rings. The minimum absolute atomic E-state index is 0.160. The first-order chi connectivity index (χ1) is 8.17. The van der Waals surface area contributed by atoms with Gasteiger partial charge in [0.15, 0.2) is 0 Å². The zero-order valence-electron chi connectivity index (χ0n) is 12.1. The van der Waals surface area contributed by atoms with E-state index in [2.05, 4.69) is 33.9 Å². The van der Waals surface area contributed by atoms with Crippen molar-refractivity contribution in [2.75, 3.05) is 7.11 Å². The molecule has 0 atom stereocenters. The summed E-state index contributed by atoms with van der Waals surface area (Å²) in [7, 11) is -0.165. The van der Waals surface area contributed by atoms with E-state index in [1.165, 1.54) is 0 Å². The van der Waals surface area contributed by atoms with Gasteiger partial charge in [-0.1, -0.05) is 38.4 Å². The molecule has 0 spiro atoms. The largest absolute Gasteiger partial charge is 0.542 e. The van der Waals surface area contributed by atoms with Crippen molar-refractivity contribution in [3.63, 3.8) is 0 Å². The number of hydrogen-bond donors (Lipinski definition) is 0. The van der Waals surface area contributed by atoms with Gasteiger partial charge < -0.3 is 9.16 Å². The third-order valence-corrected chi connectivity index (χ3v) is 8.13. The lowest BCUT2D eigenvalue weighted by Gasteiger charge is -2.36. The molecule has 0 amide bonds. The standard InChI is InChI=1S/C14H23ClO2Si/c1-14(2,3)18(5,6)17-13-9-11(10-16-4)7-8-12(13)15/h7-9H,10H2,1-6H3. The number of halogens is 1. The minimum Gasteiger partial charge on any atom is -0.542 e. The Morgan fingerprint density at radius 1 is 1.22 bits per heavy atom. The van der Waals surface area contributed by atoms with Gasteiger partial charge in [0, 0.05) is 7.11 Å². The Labute approximate surface area is 116 Å². The van der Waals surface area contributed by atoms with Crippen LogP contribution in [0.25, 0.3) is 0 Å². The number of rotatable bonds is 4. The molecule has 0 aliphatic rings. The second-order valence-corrected chi connectivity index (χ2v) is 11.2. The molecule has 0 N–H and O–H groups in total. The van der Waals surface area contributed by atoms with Crippen LogP contribution in [0.2, 0.25) is 23.2 Å². The van der Waals surface area contributed by atoms with Gasteiger partial charge in [-0.15, -0.1) is 0 Å². The van der Waals surface area contributed by atoms with Crippen molar-refractivity contribution < 1.29 is 9.16 Å². The molecule has 1 aromatic carbocycles. The van der Waals surface area contributed by atoms with Gasteiger partial charge in [0.05, 0.1) is 11.6 Å². The van der Waals surface area contributed by atoms with E-state index < -0.39 is 8.32 Å². The van der Waals surface area contributed by atoms with E-state index in [9.17, 15) is 0 Å². The number of ether oxygens (including phenoxy) is 1. The fourth-order valence-electron chi connectivity index (χ4n) is 1.31. The average molecular weight is 287 g/mol. The quantitative estimate of drug-likeness (QED) is 0.735. The van der Waals surface area contributed by atoms with Crippen molar-refractivity contribution >= 4 is 19.9 Å². The van der Waals surface area contributed by atoms with Crippen LogP contribution in [0, 0.1) is 0 Å². The first-order valence-electron chi connectivity index (χ1n) is 6.14. The Morgan fingerprint density at radius 2 is 1.83 bits per heavy atom. The van der Waals surface area contributed by atoms with Crippen LogP contribution in [0.3, 0.4) is 0 Å². The van der Waals surface area contributed by atoms with Gasteiger partial charge >= 0.3 is 0 Å². The zero-order chi connectivity index (χ0) is 14.0. The molecular weight excluding hydrogens is 264 g/mol. The van der Waals surface area contributed by atoms with Crippen molar-refractivity contribution in [3.8, 4) is 5.75 Å². The van der Waals surface area contributed by atoms with E-state index in [1.54, 1.807) is 7.11 Å². The summed E-state index contributed by atoms with van der Waals surface area (Å²) < 4.78 is 11.4. The van der Waals surface area contributed by atoms with Gasteiger partial charge in [-0.05, 0) is 35.8 Å². The summed E-state index contributed by atoms with van der Waals surface area (Å²) in [4.78, 5) is 0. The number of methoxy groups -OCH3 is 1.